The molecule has 0 saturated carbocycles. The van der Waals surface area contributed by atoms with Crippen molar-refractivity contribution in [1.82, 2.24) is 15.1 Å². The van der Waals surface area contributed by atoms with E-state index in [9.17, 15) is 5.11 Å². The van der Waals surface area contributed by atoms with Crippen LogP contribution in [-0.4, -0.2) is 39.3 Å². The Morgan fingerprint density at radius 2 is 2.38 bits per heavy atom. The van der Waals surface area contributed by atoms with Gasteiger partial charge in [-0.1, -0.05) is 6.92 Å². The van der Waals surface area contributed by atoms with E-state index < -0.39 is 0 Å². The summed E-state index contributed by atoms with van der Waals surface area (Å²) in [4.78, 5) is 1.14. The fourth-order valence-electron chi connectivity index (χ4n) is 1.30. The SMILES string of the molecule is CCCNC(C)(CO)CSc1cnn(C)c1. The van der Waals surface area contributed by atoms with Crippen molar-refractivity contribution in [1.29, 1.82) is 0 Å². The lowest BCUT2D eigenvalue weighted by atomic mass is 10.1. The number of rotatable bonds is 7. The number of aliphatic hydroxyl groups is 1. The highest BCUT2D eigenvalue weighted by Gasteiger charge is 2.22. The Labute approximate surface area is 101 Å². The first-order chi connectivity index (χ1) is 7.59. The van der Waals surface area contributed by atoms with E-state index in [1.165, 1.54) is 0 Å². The Morgan fingerprint density at radius 1 is 1.62 bits per heavy atom. The second-order valence-corrected chi connectivity index (χ2v) is 5.33. The summed E-state index contributed by atoms with van der Waals surface area (Å²) in [5, 5.41) is 16.9. The zero-order valence-corrected chi connectivity index (χ0v) is 11.0. The van der Waals surface area contributed by atoms with E-state index in [1.807, 2.05) is 26.4 Å². The molecule has 0 saturated heterocycles. The molecule has 4 nitrogen and oxygen atoms in total. The average Bonchev–Trinajstić information content (AvgIpc) is 2.70. The Bertz CT molecular complexity index is 316. The number of nitrogens with one attached hydrogen (secondary N) is 1. The minimum atomic E-state index is -0.212. The molecule has 0 fully saturated rings. The van der Waals surface area contributed by atoms with Crippen molar-refractivity contribution in [3.63, 3.8) is 0 Å². The summed E-state index contributed by atoms with van der Waals surface area (Å²) in [6, 6.07) is 0. The minimum absolute atomic E-state index is 0.153. The van der Waals surface area contributed by atoms with Crippen LogP contribution in [0.3, 0.4) is 0 Å². The second-order valence-electron chi connectivity index (χ2n) is 4.28. The minimum Gasteiger partial charge on any atom is -0.394 e. The van der Waals surface area contributed by atoms with Crippen molar-refractivity contribution < 1.29 is 5.11 Å². The Balaban J connectivity index is 2.44. The molecule has 0 aromatic carbocycles. The molecule has 1 aromatic rings. The summed E-state index contributed by atoms with van der Waals surface area (Å²) in [5.41, 5.74) is -0.212. The highest BCUT2D eigenvalue weighted by molar-refractivity contribution is 7.99. The quantitative estimate of drug-likeness (QED) is 0.708. The number of aryl methyl sites for hydroxylation is 1. The molecule has 1 unspecified atom stereocenters. The molecule has 0 aliphatic heterocycles. The first kappa shape index (κ1) is 13.5. The van der Waals surface area contributed by atoms with Crippen molar-refractivity contribution >= 4 is 11.8 Å². The van der Waals surface area contributed by atoms with Gasteiger partial charge in [-0.15, -0.1) is 11.8 Å². The van der Waals surface area contributed by atoms with E-state index in [2.05, 4.69) is 17.3 Å². The molecule has 16 heavy (non-hydrogen) atoms. The molecule has 0 spiro atoms. The second kappa shape index (κ2) is 6.27. The third-order valence-corrected chi connectivity index (χ3v) is 3.71. The molecule has 2 N–H and O–H groups in total. The van der Waals surface area contributed by atoms with Gasteiger partial charge in [-0.25, -0.2) is 0 Å². The predicted octanol–water partition coefficient (Wildman–Crippen LogP) is 1.26. The first-order valence-electron chi connectivity index (χ1n) is 5.57. The molecule has 0 aliphatic rings. The molecule has 0 amide bonds. The van der Waals surface area contributed by atoms with Crippen molar-refractivity contribution in [2.75, 3.05) is 18.9 Å². The monoisotopic (exact) mass is 243 g/mol. The van der Waals surface area contributed by atoms with Crippen LogP contribution in [0.25, 0.3) is 0 Å². The zero-order valence-electron chi connectivity index (χ0n) is 10.2. The van der Waals surface area contributed by atoms with E-state index in [0.29, 0.717) is 0 Å². The van der Waals surface area contributed by atoms with Crippen LogP contribution in [0.5, 0.6) is 0 Å². The lowest BCUT2D eigenvalue weighted by molar-refractivity contribution is 0.192. The van der Waals surface area contributed by atoms with E-state index >= 15 is 0 Å². The number of nitrogens with zero attached hydrogens (tertiary/aromatic N) is 2. The molecule has 0 aliphatic carbocycles. The van der Waals surface area contributed by atoms with E-state index in [1.54, 1.807) is 16.4 Å². The molecule has 0 radical (unpaired) electrons. The van der Waals surface area contributed by atoms with Gasteiger partial charge in [0.15, 0.2) is 0 Å². The summed E-state index contributed by atoms with van der Waals surface area (Å²) in [5.74, 6) is 0.842. The fourth-order valence-corrected chi connectivity index (χ4v) is 2.32. The maximum absolute atomic E-state index is 9.40. The standard InChI is InChI=1S/C11H21N3OS/c1-4-5-12-11(2,8-15)9-16-10-6-13-14(3)7-10/h6-7,12,15H,4-5,8-9H2,1-3H3. The van der Waals surface area contributed by atoms with Gasteiger partial charge in [-0.2, -0.15) is 5.10 Å². The van der Waals surface area contributed by atoms with Gasteiger partial charge in [0.05, 0.1) is 12.8 Å². The molecular weight excluding hydrogens is 222 g/mol. The van der Waals surface area contributed by atoms with Crippen molar-refractivity contribution in [3.8, 4) is 0 Å². The van der Waals surface area contributed by atoms with Gasteiger partial charge in [-0.05, 0) is 19.9 Å². The van der Waals surface area contributed by atoms with E-state index in [4.69, 9.17) is 0 Å². The topological polar surface area (TPSA) is 50.1 Å². The van der Waals surface area contributed by atoms with Crippen LogP contribution >= 0.6 is 11.8 Å². The maximum Gasteiger partial charge on any atom is 0.0625 e. The molecule has 1 atom stereocenters. The zero-order chi connectivity index (χ0) is 12.0. The maximum atomic E-state index is 9.40. The van der Waals surface area contributed by atoms with Gasteiger partial charge < -0.3 is 10.4 Å². The van der Waals surface area contributed by atoms with Crippen LogP contribution in [-0.2, 0) is 7.05 Å². The lowest BCUT2D eigenvalue weighted by Gasteiger charge is -2.28. The van der Waals surface area contributed by atoms with Gasteiger partial charge in [0.25, 0.3) is 0 Å². The van der Waals surface area contributed by atoms with Crippen LogP contribution in [0.15, 0.2) is 17.3 Å². The van der Waals surface area contributed by atoms with Gasteiger partial charge in [0, 0.05) is 29.4 Å². The summed E-state index contributed by atoms with van der Waals surface area (Å²) in [6.45, 7) is 5.26. The summed E-state index contributed by atoms with van der Waals surface area (Å²) < 4.78 is 1.79. The molecule has 1 aromatic heterocycles. The molecular formula is C11H21N3OS. The molecule has 1 rings (SSSR count). The first-order valence-corrected chi connectivity index (χ1v) is 6.55. The average molecular weight is 243 g/mol. The number of aliphatic hydroxyl groups excluding tert-OH is 1. The van der Waals surface area contributed by atoms with Gasteiger partial charge in [-0.3, -0.25) is 4.68 Å². The molecule has 92 valence electrons. The van der Waals surface area contributed by atoms with Gasteiger partial charge in [0.1, 0.15) is 0 Å². The lowest BCUT2D eigenvalue weighted by Crippen LogP contribution is -2.48. The molecule has 5 heteroatoms. The number of aromatic nitrogens is 2. The number of hydrogen-bond acceptors (Lipinski definition) is 4. The van der Waals surface area contributed by atoms with E-state index in [-0.39, 0.29) is 12.1 Å². The summed E-state index contributed by atoms with van der Waals surface area (Å²) in [6.07, 6.45) is 4.91. The normalized spacial score (nSPS) is 15.0. The van der Waals surface area contributed by atoms with Crippen LogP contribution < -0.4 is 5.32 Å². The Morgan fingerprint density at radius 3 is 2.88 bits per heavy atom. The number of thioether (sulfide) groups is 1. The van der Waals surface area contributed by atoms with Crippen molar-refractivity contribution in [2.24, 2.45) is 7.05 Å². The predicted molar refractivity (Wildman–Crippen MR) is 67.7 cm³/mol. The fraction of sp³-hybridized carbons (Fsp3) is 0.727. The Hall–Kier alpha value is -0.520. The van der Waals surface area contributed by atoms with Crippen molar-refractivity contribution in [2.45, 2.75) is 30.7 Å². The van der Waals surface area contributed by atoms with Crippen LogP contribution in [0.2, 0.25) is 0 Å². The molecule has 0 bridgehead atoms. The van der Waals surface area contributed by atoms with Crippen LogP contribution in [0, 0.1) is 0 Å². The summed E-state index contributed by atoms with van der Waals surface area (Å²) in [7, 11) is 1.91. The van der Waals surface area contributed by atoms with Crippen LogP contribution in [0.4, 0.5) is 0 Å². The third-order valence-electron chi connectivity index (χ3n) is 2.39. The summed E-state index contributed by atoms with van der Waals surface area (Å²) >= 11 is 1.72. The molecule has 1 heterocycles. The largest absolute Gasteiger partial charge is 0.394 e. The Kier molecular flexibility index (Phi) is 5.31. The third kappa shape index (κ3) is 4.15. The van der Waals surface area contributed by atoms with E-state index in [0.717, 1.165) is 23.6 Å². The highest BCUT2D eigenvalue weighted by Crippen LogP contribution is 2.21. The van der Waals surface area contributed by atoms with Gasteiger partial charge >= 0.3 is 0 Å². The van der Waals surface area contributed by atoms with Gasteiger partial charge in [0.2, 0.25) is 0 Å². The smallest absolute Gasteiger partial charge is 0.0625 e. The van der Waals surface area contributed by atoms with Crippen LogP contribution in [0.1, 0.15) is 20.3 Å². The number of hydrogen-bond donors (Lipinski definition) is 2. The van der Waals surface area contributed by atoms with Crippen molar-refractivity contribution in [3.05, 3.63) is 12.4 Å². The highest BCUT2D eigenvalue weighted by atomic mass is 32.2.